The van der Waals surface area contributed by atoms with Gasteiger partial charge in [0.05, 0.1) is 43.8 Å². The molecule has 3 heterocycles. The molecule has 0 fully saturated rings. The monoisotopic (exact) mass is 584 g/mol. The van der Waals surface area contributed by atoms with Gasteiger partial charge in [0.2, 0.25) is 5.75 Å². The molecule has 40 heavy (non-hydrogen) atoms. The number of pyridine rings is 1. The highest BCUT2D eigenvalue weighted by atomic mass is 31.2. The van der Waals surface area contributed by atoms with Crippen molar-refractivity contribution in [2.24, 2.45) is 0 Å². The zero-order valence-electron chi connectivity index (χ0n) is 29.1. The van der Waals surface area contributed by atoms with Crippen LogP contribution in [0.25, 0.3) is 0 Å². The topological polar surface area (TPSA) is 168 Å². The second kappa shape index (κ2) is 11.3. The smallest absolute Gasteiger partial charge is 0.273 e. The minimum Gasteiger partial charge on any atom is -0.790 e. The van der Waals surface area contributed by atoms with Gasteiger partial charge >= 0.3 is 0 Å². The Kier molecular flexibility index (Phi) is 5.70. The Bertz CT molecular complexity index is 1740. The highest BCUT2D eigenvalue weighted by molar-refractivity contribution is 7.43. The zero-order chi connectivity index (χ0) is 36.0. The molecule has 0 aliphatic carbocycles. The molecular weight excluding hydrogens is 550 g/mol. The molecule has 0 saturated heterocycles. The predicted octanol–water partition coefficient (Wildman–Crippen LogP) is 1.52. The number of phosphoric acid groups is 1. The van der Waals surface area contributed by atoms with Gasteiger partial charge in [0.25, 0.3) is 5.91 Å². The Hall–Kier alpha value is -3.84. The van der Waals surface area contributed by atoms with Crippen LogP contribution >= 0.6 is 7.82 Å². The van der Waals surface area contributed by atoms with Crippen LogP contribution in [0.5, 0.6) is 23.0 Å². The highest BCUT2D eigenvalue weighted by Crippen LogP contribution is 2.39. The summed E-state index contributed by atoms with van der Waals surface area (Å²) in [7, 11) is -1.98. The fraction of sp³-hybridized carbons (Fsp3) is 0.360. The third kappa shape index (κ3) is 6.31. The van der Waals surface area contributed by atoms with E-state index >= 15 is 0 Å². The molecule has 3 aromatic rings. The van der Waals surface area contributed by atoms with E-state index in [0.29, 0.717) is 22.8 Å². The zero-order valence-corrected chi connectivity index (χ0v) is 22.0. The number of fused-ring (bicyclic) bond motifs is 1. The summed E-state index contributed by atoms with van der Waals surface area (Å²) in [4.78, 5) is 48.3. The Balaban J connectivity index is 1.79. The molecule has 13 nitrogen and oxygen atoms in total. The summed E-state index contributed by atoms with van der Waals surface area (Å²) < 4.78 is 115. The number of methoxy groups -OCH3 is 3. The van der Waals surface area contributed by atoms with Gasteiger partial charge in [-0.2, -0.15) is 0 Å². The van der Waals surface area contributed by atoms with Gasteiger partial charge < -0.3 is 37.8 Å². The van der Waals surface area contributed by atoms with Crippen LogP contribution in [-0.2, 0) is 26.7 Å². The number of amides is 1. The van der Waals surface area contributed by atoms with Gasteiger partial charge in [0.1, 0.15) is 12.5 Å². The summed E-state index contributed by atoms with van der Waals surface area (Å²) in [5.41, 5.74) is -3.63. The Morgan fingerprint density at radius 3 is 2.42 bits per heavy atom. The Labute approximate surface area is 240 Å². The Morgan fingerprint density at radius 1 is 1.12 bits per heavy atom. The number of ether oxygens (including phenoxy) is 4. The minimum atomic E-state index is -6.25. The van der Waals surface area contributed by atoms with Crippen molar-refractivity contribution in [3.63, 3.8) is 0 Å². The van der Waals surface area contributed by atoms with Crippen molar-refractivity contribution in [3.05, 3.63) is 59.1 Å². The highest BCUT2D eigenvalue weighted by Gasteiger charge is 2.42. The summed E-state index contributed by atoms with van der Waals surface area (Å²) in [6, 6.07) is 5.27. The molecule has 0 atom stereocenters. The molecule has 0 saturated carbocycles. The molecule has 0 N–H and O–H groups in total. The molecule has 1 aliphatic heterocycles. The van der Waals surface area contributed by atoms with Gasteiger partial charge in [0, 0.05) is 26.8 Å². The fourth-order valence-corrected chi connectivity index (χ4v) is 3.88. The van der Waals surface area contributed by atoms with E-state index in [0.717, 1.165) is 18.3 Å². The number of nitrogens with zero attached hydrogens (tertiary/aromatic N) is 4. The van der Waals surface area contributed by atoms with Crippen molar-refractivity contribution in [3.8, 4) is 23.0 Å². The summed E-state index contributed by atoms with van der Waals surface area (Å²) in [5.74, 6) is -3.72. The lowest BCUT2D eigenvalue weighted by molar-refractivity contribution is -0.341. The molecule has 2 aromatic heterocycles. The summed E-state index contributed by atoms with van der Waals surface area (Å²) in [5, 5.41) is 0. The minimum absolute atomic E-state index is 0.0477. The third-order valence-corrected chi connectivity index (χ3v) is 5.73. The number of hydrogen-bond acceptors (Lipinski definition) is 12. The third-order valence-electron chi connectivity index (χ3n) is 5.42. The van der Waals surface area contributed by atoms with Crippen molar-refractivity contribution in [1.29, 1.82) is 0 Å². The molecule has 0 radical (unpaired) electrons. The molecule has 1 amide bonds. The number of phosphoric ester groups is 1. The molecule has 0 unspecified atom stereocenters. The molecule has 0 bridgehead atoms. The lowest BCUT2D eigenvalue weighted by Crippen LogP contribution is -2.53. The second-order valence-electron chi connectivity index (χ2n) is 8.15. The molecule has 4 rings (SSSR count). The number of halogens is 1. The summed E-state index contributed by atoms with van der Waals surface area (Å²) >= 11 is 0. The Morgan fingerprint density at radius 2 is 1.82 bits per heavy atom. The SMILES string of the molecule is [2H]C([2H])(OP(=O)([O-])[O-])N1C(=O)C(C([2H])([2H])[2H])(C([2H])([2H])[2H])Oc2ccc(Cc3nc(Cc4cc(OC)c(OC)c(OC)c4)ncc3F)nc21. The first-order valence-corrected chi connectivity index (χ1v) is 12.6. The normalized spacial score (nSPS) is 18.4. The molecule has 1 aromatic carbocycles. The molecule has 214 valence electrons. The maximum absolute atomic E-state index is 14.9. The predicted molar refractivity (Wildman–Crippen MR) is 134 cm³/mol. The molecule has 1 aliphatic rings. The molecule has 0 spiro atoms. The van der Waals surface area contributed by atoms with Crippen molar-refractivity contribution in [2.45, 2.75) is 32.1 Å². The lowest BCUT2D eigenvalue weighted by Gasteiger charge is -2.39. The standard InChI is InChI=1S/C25H28FN4O9P/c1-25(2)24(31)30(13-38-40(32,33)34)23-18(39-25)7-6-15(28-23)11-17-16(26)12-27-21(29-17)10-14-8-19(35-3)22(37-5)20(9-14)36-4/h6-9,12H,10-11,13H2,1-5H3,(H2,32,33,34)/p-2/i1D3,2D3,13D2. The number of rotatable bonds is 10. The van der Waals surface area contributed by atoms with E-state index < -0.39 is 63.5 Å². The van der Waals surface area contributed by atoms with Crippen LogP contribution in [0, 0.1) is 5.82 Å². The number of carbonyl (C=O) groups excluding carboxylic acids is 1. The lowest BCUT2D eigenvalue weighted by atomic mass is 10.1. The van der Waals surface area contributed by atoms with Crippen LogP contribution < -0.4 is 33.6 Å². The van der Waals surface area contributed by atoms with E-state index in [1.54, 1.807) is 12.1 Å². The van der Waals surface area contributed by atoms with E-state index in [2.05, 4.69) is 19.5 Å². The van der Waals surface area contributed by atoms with Crippen LogP contribution in [0.1, 0.15) is 47.4 Å². The van der Waals surface area contributed by atoms with Gasteiger partial charge in [-0.15, -0.1) is 0 Å². The van der Waals surface area contributed by atoms with E-state index in [-0.39, 0.29) is 28.5 Å². The maximum Gasteiger partial charge on any atom is 0.273 e. The van der Waals surface area contributed by atoms with Crippen molar-refractivity contribution in [2.75, 3.05) is 32.9 Å². The van der Waals surface area contributed by atoms with E-state index in [4.69, 9.17) is 29.9 Å². The van der Waals surface area contributed by atoms with Crippen LogP contribution in [-0.4, -0.2) is 54.5 Å². The van der Waals surface area contributed by atoms with Crippen LogP contribution in [0.4, 0.5) is 10.2 Å². The molecular formula is C25H26FN4O9P-2. The quantitative estimate of drug-likeness (QED) is 0.316. The van der Waals surface area contributed by atoms with Crippen molar-refractivity contribution >= 4 is 19.5 Å². The van der Waals surface area contributed by atoms with Gasteiger partial charge in [-0.1, -0.05) is 0 Å². The summed E-state index contributed by atoms with van der Waals surface area (Å²) in [6.07, 6.45) is 0.452. The number of aromatic nitrogens is 3. The van der Waals surface area contributed by atoms with Crippen LogP contribution in [0.3, 0.4) is 0 Å². The first kappa shape index (κ1) is 20.1. The van der Waals surface area contributed by atoms with Gasteiger partial charge in [-0.25, -0.2) is 19.3 Å². The van der Waals surface area contributed by atoms with Gasteiger partial charge in [-0.05, 0) is 43.5 Å². The van der Waals surface area contributed by atoms with Crippen molar-refractivity contribution < 1.29 is 58.0 Å². The first-order chi connectivity index (χ1) is 22.1. The largest absolute Gasteiger partial charge is 0.790 e. The van der Waals surface area contributed by atoms with Crippen molar-refractivity contribution in [1.82, 2.24) is 15.0 Å². The average Bonchev–Trinajstić information content (AvgIpc) is 2.95. The molecule has 15 heteroatoms. The van der Waals surface area contributed by atoms with E-state index in [1.165, 1.54) is 21.3 Å². The number of anilines is 1. The fourth-order valence-electron chi connectivity index (χ4n) is 3.70. The van der Waals surface area contributed by atoms with Gasteiger partial charge in [-0.3, -0.25) is 9.69 Å². The van der Waals surface area contributed by atoms with E-state index in [9.17, 15) is 23.5 Å². The van der Waals surface area contributed by atoms with Gasteiger partial charge in [0.15, 0.2) is 34.5 Å². The number of hydrogen-bond donors (Lipinski definition) is 0. The second-order valence-corrected chi connectivity index (χ2v) is 9.22. The van der Waals surface area contributed by atoms with E-state index in [1.807, 2.05) is 0 Å². The number of benzene rings is 1. The average molecular weight is 585 g/mol. The van der Waals surface area contributed by atoms with Crippen LogP contribution in [0.2, 0.25) is 0 Å². The first-order valence-electron chi connectivity index (χ1n) is 15.1. The van der Waals surface area contributed by atoms with Crippen LogP contribution in [0.15, 0.2) is 30.5 Å². The summed E-state index contributed by atoms with van der Waals surface area (Å²) in [6.45, 7) is -11.6. The number of carbonyl (C=O) groups is 1. The maximum atomic E-state index is 14.9.